The van der Waals surface area contributed by atoms with Crippen LogP contribution < -0.4 is 0 Å². The van der Waals surface area contributed by atoms with Gasteiger partial charge in [0.25, 0.3) is 0 Å². The topological polar surface area (TPSA) is 0 Å². The molecule has 1 aliphatic carbocycles. The van der Waals surface area contributed by atoms with Gasteiger partial charge in [-0.3, -0.25) is 0 Å². The van der Waals surface area contributed by atoms with Crippen LogP contribution in [0.1, 0.15) is 29.0 Å². The van der Waals surface area contributed by atoms with E-state index in [1.165, 1.54) is 35.6 Å². The Morgan fingerprint density at radius 2 is 1.55 bits per heavy atom. The lowest BCUT2D eigenvalue weighted by Gasteiger charge is -2.26. The molecule has 0 amide bonds. The van der Waals surface area contributed by atoms with Gasteiger partial charge in [0.2, 0.25) is 0 Å². The fourth-order valence-corrected chi connectivity index (χ4v) is 3.56. The van der Waals surface area contributed by atoms with E-state index in [0.29, 0.717) is 5.92 Å². The third-order valence-electron chi connectivity index (χ3n) is 4.62. The Hall–Kier alpha value is -2.08. The molecule has 0 N–H and O–H groups in total. The molecule has 4 rings (SSSR count). The van der Waals surface area contributed by atoms with Crippen molar-refractivity contribution in [1.82, 2.24) is 0 Å². The van der Waals surface area contributed by atoms with Crippen molar-refractivity contribution in [2.45, 2.75) is 25.2 Å². The molecule has 0 aliphatic heterocycles. The first-order chi connectivity index (χ1) is 9.92. The first-order valence-corrected chi connectivity index (χ1v) is 7.46. The zero-order valence-electron chi connectivity index (χ0n) is 11.5. The SMILES string of the molecule is c1ccc(C2CCc3c(ccc4ccccc34)C2)cc1. The van der Waals surface area contributed by atoms with Crippen molar-refractivity contribution in [3.05, 3.63) is 83.4 Å². The van der Waals surface area contributed by atoms with Crippen molar-refractivity contribution in [1.29, 1.82) is 0 Å². The summed E-state index contributed by atoms with van der Waals surface area (Å²) in [6.07, 6.45) is 3.66. The van der Waals surface area contributed by atoms with E-state index in [4.69, 9.17) is 0 Å². The van der Waals surface area contributed by atoms with Crippen LogP contribution in [0.4, 0.5) is 0 Å². The average Bonchev–Trinajstić information content (AvgIpc) is 2.55. The summed E-state index contributed by atoms with van der Waals surface area (Å²) < 4.78 is 0. The van der Waals surface area contributed by atoms with Crippen LogP contribution in [0.2, 0.25) is 0 Å². The van der Waals surface area contributed by atoms with Gasteiger partial charge in [-0.15, -0.1) is 0 Å². The van der Waals surface area contributed by atoms with E-state index >= 15 is 0 Å². The van der Waals surface area contributed by atoms with Crippen LogP contribution in [0.25, 0.3) is 10.8 Å². The van der Waals surface area contributed by atoms with Gasteiger partial charge in [0.05, 0.1) is 0 Å². The maximum atomic E-state index is 2.34. The third kappa shape index (κ3) is 1.92. The van der Waals surface area contributed by atoms with E-state index < -0.39 is 0 Å². The second-order valence-corrected chi connectivity index (χ2v) is 5.77. The molecule has 0 heteroatoms. The van der Waals surface area contributed by atoms with Crippen LogP contribution in [0.5, 0.6) is 0 Å². The summed E-state index contributed by atoms with van der Waals surface area (Å²) in [6.45, 7) is 0. The molecular formula is C20H18. The normalized spacial score (nSPS) is 17.9. The second kappa shape index (κ2) is 4.79. The van der Waals surface area contributed by atoms with Crippen molar-refractivity contribution >= 4 is 10.8 Å². The summed E-state index contributed by atoms with van der Waals surface area (Å²) in [6, 6.07) is 24.4. The van der Waals surface area contributed by atoms with E-state index in [0.717, 1.165) is 0 Å². The molecule has 0 saturated heterocycles. The van der Waals surface area contributed by atoms with Gasteiger partial charge < -0.3 is 0 Å². The van der Waals surface area contributed by atoms with Crippen LogP contribution in [0.15, 0.2) is 66.7 Å². The Morgan fingerprint density at radius 3 is 2.45 bits per heavy atom. The number of hydrogen-bond donors (Lipinski definition) is 0. The summed E-state index contributed by atoms with van der Waals surface area (Å²) in [5, 5.41) is 2.83. The van der Waals surface area contributed by atoms with Gasteiger partial charge in [0, 0.05) is 0 Å². The minimum absolute atomic E-state index is 0.685. The maximum Gasteiger partial charge on any atom is -0.0118 e. The highest BCUT2D eigenvalue weighted by atomic mass is 14.2. The zero-order chi connectivity index (χ0) is 13.4. The molecule has 0 aromatic heterocycles. The Morgan fingerprint density at radius 1 is 0.750 bits per heavy atom. The number of fused-ring (bicyclic) bond motifs is 3. The van der Waals surface area contributed by atoms with E-state index in [2.05, 4.69) is 66.7 Å². The highest BCUT2D eigenvalue weighted by molar-refractivity contribution is 5.87. The molecule has 0 heterocycles. The second-order valence-electron chi connectivity index (χ2n) is 5.77. The summed E-state index contributed by atoms with van der Waals surface area (Å²) in [5.74, 6) is 0.685. The standard InChI is InChI=1S/C20H18/c1-2-6-15(7-3-1)17-12-13-20-18(14-17)11-10-16-8-4-5-9-19(16)20/h1-11,17H,12-14H2. The van der Waals surface area contributed by atoms with E-state index in [1.807, 2.05) is 0 Å². The van der Waals surface area contributed by atoms with Gasteiger partial charge in [0.1, 0.15) is 0 Å². The summed E-state index contributed by atoms with van der Waals surface area (Å²) in [5.41, 5.74) is 4.62. The predicted molar refractivity (Wildman–Crippen MR) is 85.2 cm³/mol. The highest BCUT2D eigenvalue weighted by Crippen LogP contribution is 2.35. The van der Waals surface area contributed by atoms with Gasteiger partial charge in [0.15, 0.2) is 0 Å². The first kappa shape index (κ1) is 11.7. The minimum Gasteiger partial charge on any atom is -0.0622 e. The smallest absolute Gasteiger partial charge is 0.0118 e. The molecule has 0 bridgehead atoms. The van der Waals surface area contributed by atoms with Gasteiger partial charge >= 0.3 is 0 Å². The molecular weight excluding hydrogens is 240 g/mol. The van der Waals surface area contributed by atoms with Crippen molar-refractivity contribution in [3.63, 3.8) is 0 Å². The Bertz CT molecular complexity index is 740. The van der Waals surface area contributed by atoms with Crippen LogP contribution in [0, 0.1) is 0 Å². The van der Waals surface area contributed by atoms with Crippen molar-refractivity contribution in [2.24, 2.45) is 0 Å². The fraction of sp³-hybridized carbons (Fsp3) is 0.200. The summed E-state index contributed by atoms with van der Waals surface area (Å²) >= 11 is 0. The first-order valence-electron chi connectivity index (χ1n) is 7.46. The maximum absolute atomic E-state index is 2.34. The van der Waals surface area contributed by atoms with Gasteiger partial charge in [-0.2, -0.15) is 0 Å². The molecule has 98 valence electrons. The van der Waals surface area contributed by atoms with Crippen molar-refractivity contribution < 1.29 is 0 Å². The van der Waals surface area contributed by atoms with Gasteiger partial charge in [-0.1, -0.05) is 66.7 Å². The number of aryl methyl sites for hydroxylation is 1. The molecule has 1 aliphatic rings. The molecule has 3 aromatic carbocycles. The summed E-state index contributed by atoms with van der Waals surface area (Å²) in [4.78, 5) is 0. The number of benzene rings is 3. The molecule has 3 aromatic rings. The van der Waals surface area contributed by atoms with Crippen molar-refractivity contribution in [3.8, 4) is 0 Å². The predicted octanol–water partition coefficient (Wildman–Crippen LogP) is 5.11. The van der Waals surface area contributed by atoms with Crippen LogP contribution >= 0.6 is 0 Å². The zero-order valence-corrected chi connectivity index (χ0v) is 11.5. The third-order valence-corrected chi connectivity index (χ3v) is 4.62. The van der Waals surface area contributed by atoms with E-state index in [1.54, 1.807) is 11.1 Å². The van der Waals surface area contributed by atoms with Crippen LogP contribution in [-0.2, 0) is 12.8 Å². The summed E-state index contributed by atoms with van der Waals surface area (Å²) in [7, 11) is 0. The molecule has 20 heavy (non-hydrogen) atoms. The van der Waals surface area contributed by atoms with Gasteiger partial charge in [-0.05, 0) is 52.6 Å². The van der Waals surface area contributed by atoms with E-state index in [9.17, 15) is 0 Å². The minimum atomic E-state index is 0.685. The van der Waals surface area contributed by atoms with E-state index in [-0.39, 0.29) is 0 Å². The molecule has 0 nitrogen and oxygen atoms in total. The lowest BCUT2D eigenvalue weighted by atomic mass is 9.78. The Balaban J connectivity index is 1.75. The lowest BCUT2D eigenvalue weighted by molar-refractivity contribution is 0.588. The van der Waals surface area contributed by atoms with Crippen LogP contribution in [0.3, 0.4) is 0 Å². The van der Waals surface area contributed by atoms with Gasteiger partial charge in [-0.25, -0.2) is 0 Å². The number of rotatable bonds is 1. The Labute approximate surface area is 120 Å². The average molecular weight is 258 g/mol. The molecule has 0 spiro atoms. The van der Waals surface area contributed by atoms with Crippen molar-refractivity contribution in [2.75, 3.05) is 0 Å². The molecule has 0 fully saturated rings. The number of hydrogen-bond acceptors (Lipinski definition) is 0. The lowest BCUT2D eigenvalue weighted by Crippen LogP contribution is -2.13. The van der Waals surface area contributed by atoms with Crippen LogP contribution in [-0.4, -0.2) is 0 Å². The largest absolute Gasteiger partial charge is 0.0622 e. The quantitative estimate of drug-likeness (QED) is 0.569. The fourth-order valence-electron chi connectivity index (χ4n) is 3.56. The molecule has 1 unspecified atom stereocenters. The monoisotopic (exact) mass is 258 g/mol. The molecule has 0 saturated carbocycles. The molecule has 0 radical (unpaired) electrons. The molecule has 1 atom stereocenters. The highest BCUT2D eigenvalue weighted by Gasteiger charge is 2.21. The Kier molecular flexibility index (Phi) is 2.81.